The molecule has 0 aromatic carbocycles. The molecule has 1 amide bonds. The first kappa shape index (κ1) is 19.5. The predicted octanol–water partition coefficient (Wildman–Crippen LogP) is 2.48. The fourth-order valence-electron chi connectivity index (χ4n) is 2.06. The molecule has 23 heavy (non-hydrogen) atoms. The maximum Gasteiger partial charge on any atom is 0.410 e. The van der Waals surface area contributed by atoms with E-state index in [0.717, 1.165) is 13.1 Å². The molecule has 0 fully saturated rings. The maximum atomic E-state index is 12.2. The zero-order chi connectivity index (χ0) is 17.3. The molecule has 0 unspecified atom stereocenters. The lowest BCUT2D eigenvalue weighted by molar-refractivity contribution is 0.0204. The zero-order valence-electron chi connectivity index (χ0n) is 15.1. The number of ether oxygens (including phenoxy) is 2. The highest BCUT2D eigenvalue weighted by Gasteiger charge is 2.21. The van der Waals surface area contributed by atoms with Crippen LogP contribution in [0, 0.1) is 0 Å². The molecule has 6 heteroatoms. The predicted molar refractivity (Wildman–Crippen MR) is 91.5 cm³/mol. The Morgan fingerprint density at radius 3 is 2.65 bits per heavy atom. The molecule has 1 N–H and O–H groups in total. The van der Waals surface area contributed by atoms with Crippen LogP contribution in [0.5, 0.6) is 0 Å². The summed E-state index contributed by atoms with van der Waals surface area (Å²) in [5.74, 6) is 0. The van der Waals surface area contributed by atoms with Crippen molar-refractivity contribution in [2.45, 2.75) is 46.4 Å². The zero-order valence-corrected chi connectivity index (χ0v) is 15.1. The van der Waals surface area contributed by atoms with Crippen molar-refractivity contribution in [1.29, 1.82) is 0 Å². The van der Waals surface area contributed by atoms with Gasteiger partial charge in [-0.2, -0.15) is 0 Å². The average Bonchev–Trinajstić information content (AvgIpc) is 2.92. The van der Waals surface area contributed by atoms with Crippen LogP contribution in [0.3, 0.4) is 0 Å². The number of aryl methyl sites for hydroxylation is 1. The summed E-state index contributed by atoms with van der Waals surface area (Å²) in [6.45, 7) is 11.8. The minimum atomic E-state index is -0.487. The van der Waals surface area contributed by atoms with E-state index in [9.17, 15) is 4.79 Å². The van der Waals surface area contributed by atoms with Crippen LogP contribution >= 0.6 is 0 Å². The molecule has 0 radical (unpaired) electrons. The monoisotopic (exact) mass is 325 g/mol. The van der Waals surface area contributed by atoms with E-state index in [1.165, 1.54) is 5.56 Å². The van der Waals surface area contributed by atoms with Gasteiger partial charge < -0.3 is 24.3 Å². The minimum Gasteiger partial charge on any atom is -0.444 e. The normalized spacial score (nSPS) is 11.5. The molecule has 0 aliphatic rings. The van der Waals surface area contributed by atoms with Gasteiger partial charge in [-0.05, 0) is 39.3 Å². The first-order valence-corrected chi connectivity index (χ1v) is 8.18. The number of rotatable bonds is 9. The molecule has 1 aromatic heterocycles. The van der Waals surface area contributed by atoms with E-state index in [4.69, 9.17) is 9.47 Å². The highest BCUT2D eigenvalue weighted by atomic mass is 16.6. The largest absolute Gasteiger partial charge is 0.444 e. The SMILES string of the molecule is CCn1ccc(CNCCN(CCOC)C(=O)OC(C)(C)C)c1. The van der Waals surface area contributed by atoms with E-state index in [1.807, 2.05) is 20.8 Å². The van der Waals surface area contributed by atoms with Gasteiger partial charge in [0.2, 0.25) is 0 Å². The third kappa shape index (κ3) is 8.04. The van der Waals surface area contributed by atoms with Crippen LogP contribution in [-0.2, 0) is 22.6 Å². The highest BCUT2D eigenvalue weighted by molar-refractivity contribution is 5.68. The molecule has 0 atom stereocenters. The van der Waals surface area contributed by atoms with Crippen molar-refractivity contribution >= 4 is 6.09 Å². The number of amides is 1. The van der Waals surface area contributed by atoms with Crippen LogP contribution in [0.25, 0.3) is 0 Å². The molecule has 1 heterocycles. The van der Waals surface area contributed by atoms with E-state index in [-0.39, 0.29) is 6.09 Å². The van der Waals surface area contributed by atoms with E-state index in [1.54, 1.807) is 12.0 Å². The van der Waals surface area contributed by atoms with Gasteiger partial charge in [-0.25, -0.2) is 4.79 Å². The van der Waals surface area contributed by atoms with E-state index in [2.05, 4.69) is 35.3 Å². The van der Waals surface area contributed by atoms with Gasteiger partial charge in [0.1, 0.15) is 5.60 Å². The van der Waals surface area contributed by atoms with E-state index >= 15 is 0 Å². The lowest BCUT2D eigenvalue weighted by Gasteiger charge is -2.27. The number of hydrogen-bond acceptors (Lipinski definition) is 4. The van der Waals surface area contributed by atoms with Gasteiger partial charge in [0, 0.05) is 52.2 Å². The number of hydrogen-bond donors (Lipinski definition) is 1. The van der Waals surface area contributed by atoms with Crippen molar-refractivity contribution in [3.05, 3.63) is 24.0 Å². The lowest BCUT2D eigenvalue weighted by Crippen LogP contribution is -2.42. The molecule has 1 aromatic rings. The first-order valence-electron chi connectivity index (χ1n) is 8.18. The number of carbonyl (C=O) groups is 1. The number of aromatic nitrogens is 1. The van der Waals surface area contributed by atoms with Crippen molar-refractivity contribution in [2.75, 3.05) is 33.4 Å². The van der Waals surface area contributed by atoms with Gasteiger partial charge in [-0.1, -0.05) is 0 Å². The van der Waals surface area contributed by atoms with Crippen LogP contribution < -0.4 is 5.32 Å². The molecular weight excluding hydrogens is 294 g/mol. The van der Waals surface area contributed by atoms with Gasteiger partial charge in [-0.3, -0.25) is 0 Å². The van der Waals surface area contributed by atoms with Crippen LogP contribution in [0.2, 0.25) is 0 Å². The summed E-state index contributed by atoms with van der Waals surface area (Å²) in [7, 11) is 1.63. The van der Waals surface area contributed by atoms with E-state index in [0.29, 0.717) is 26.2 Å². The Morgan fingerprint density at radius 2 is 2.09 bits per heavy atom. The average molecular weight is 325 g/mol. The van der Waals surface area contributed by atoms with E-state index < -0.39 is 5.60 Å². The van der Waals surface area contributed by atoms with Crippen molar-refractivity contribution in [2.24, 2.45) is 0 Å². The summed E-state index contributed by atoms with van der Waals surface area (Å²) in [6, 6.07) is 2.10. The number of nitrogens with zero attached hydrogens (tertiary/aromatic N) is 2. The smallest absolute Gasteiger partial charge is 0.410 e. The van der Waals surface area contributed by atoms with Gasteiger partial charge in [0.15, 0.2) is 0 Å². The minimum absolute atomic E-state index is 0.298. The summed E-state index contributed by atoms with van der Waals surface area (Å²) >= 11 is 0. The van der Waals surface area contributed by atoms with Gasteiger partial charge >= 0.3 is 6.09 Å². The Kier molecular flexibility index (Phi) is 8.12. The second-order valence-corrected chi connectivity index (χ2v) is 6.49. The second-order valence-electron chi connectivity index (χ2n) is 6.49. The molecule has 0 bridgehead atoms. The van der Waals surface area contributed by atoms with Gasteiger partial charge in [0.25, 0.3) is 0 Å². The van der Waals surface area contributed by atoms with Crippen molar-refractivity contribution < 1.29 is 14.3 Å². The fraction of sp³-hybridized carbons (Fsp3) is 0.706. The highest BCUT2D eigenvalue weighted by Crippen LogP contribution is 2.09. The Bertz CT molecular complexity index is 466. The number of nitrogens with one attached hydrogen (secondary N) is 1. The fourth-order valence-corrected chi connectivity index (χ4v) is 2.06. The lowest BCUT2D eigenvalue weighted by atomic mass is 10.2. The molecular formula is C17H31N3O3. The van der Waals surface area contributed by atoms with Crippen LogP contribution in [-0.4, -0.2) is 54.5 Å². The number of carbonyl (C=O) groups excluding carboxylic acids is 1. The molecule has 6 nitrogen and oxygen atoms in total. The molecule has 1 rings (SSSR count). The van der Waals surface area contributed by atoms with Crippen LogP contribution in [0.4, 0.5) is 4.79 Å². The molecule has 132 valence electrons. The quantitative estimate of drug-likeness (QED) is 0.709. The topological polar surface area (TPSA) is 55.7 Å². The second kappa shape index (κ2) is 9.57. The first-order chi connectivity index (χ1) is 10.9. The summed E-state index contributed by atoms with van der Waals surface area (Å²) in [4.78, 5) is 13.9. The Balaban J connectivity index is 2.39. The standard InChI is InChI=1S/C17H31N3O3/c1-6-19-9-7-15(14-19)13-18-8-10-20(11-12-22-5)16(21)23-17(2,3)4/h7,9,14,18H,6,8,10-13H2,1-5H3. The third-order valence-electron chi connectivity index (χ3n) is 3.28. The Morgan fingerprint density at radius 1 is 1.35 bits per heavy atom. The van der Waals surface area contributed by atoms with Crippen molar-refractivity contribution in [1.82, 2.24) is 14.8 Å². The summed E-state index contributed by atoms with van der Waals surface area (Å²) < 4.78 is 12.6. The van der Waals surface area contributed by atoms with Gasteiger partial charge in [0.05, 0.1) is 6.61 Å². The molecule has 0 spiro atoms. The summed E-state index contributed by atoms with van der Waals surface area (Å²) in [5, 5.41) is 3.36. The maximum absolute atomic E-state index is 12.2. The summed E-state index contributed by atoms with van der Waals surface area (Å²) in [6.07, 6.45) is 3.90. The number of methoxy groups -OCH3 is 1. The third-order valence-corrected chi connectivity index (χ3v) is 3.28. The molecule has 0 aliphatic heterocycles. The van der Waals surface area contributed by atoms with Gasteiger partial charge in [-0.15, -0.1) is 0 Å². The van der Waals surface area contributed by atoms with Crippen LogP contribution in [0.1, 0.15) is 33.3 Å². The Labute approximate surface area is 139 Å². The summed E-state index contributed by atoms with van der Waals surface area (Å²) in [5.41, 5.74) is 0.756. The molecule has 0 aliphatic carbocycles. The molecule has 0 saturated heterocycles. The molecule has 0 saturated carbocycles. The van der Waals surface area contributed by atoms with Crippen molar-refractivity contribution in [3.8, 4) is 0 Å². The van der Waals surface area contributed by atoms with Crippen LogP contribution in [0.15, 0.2) is 18.5 Å². The Hall–Kier alpha value is -1.53. The van der Waals surface area contributed by atoms with Crippen molar-refractivity contribution in [3.63, 3.8) is 0 Å².